The SMILES string of the molecule is Cc1cccc(C(=O)N[C@H](c2nnc(SCC(=O)Nc3ccccn3)n2C)C(C)C)c1. The molecule has 0 aliphatic rings. The summed E-state index contributed by atoms with van der Waals surface area (Å²) in [5.74, 6) is 1.08. The molecule has 0 aliphatic carbocycles. The van der Waals surface area contributed by atoms with E-state index in [9.17, 15) is 9.59 Å². The molecule has 2 aromatic heterocycles. The Balaban J connectivity index is 1.67. The molecule has 0 spiro atoms. The van der Waals surface area contributed by atoms with E-state index in [0.717, 1.165) is 5.56 Å². The summed E-state index contributed by atoms with van der Waals surface area (Å²) in [6, 6.07) is 12.5. The second-order valence-electron chi connectivity index (χ2n) is 7.52. The van der Waals surface area contributed by atoms with Gasteiger partial charge in [-0.1, -0.05) is 49.4 Å². The van der Waals surface area contributed by atoms with Crippen molar-refractivity contribution in [3.63, 3.8) is 0 Å². The first-order valence-electron chi connectivity index (χ1n) is 9.95. The van der Waals surface area contributed by atoms with Gasteiger partial charge in [0.1, 0.15) is 5.82 Å². The van der Waals surface area contributed by atoms with Crippen molar-refractivity contribution in [2.24, 2.45) is 13.0 Å². The molecule has 31 heavy (non-hydrogen) atoms. The van der Waals surface area contributed by atoms with Gasteiger partial charge in [0.2, 0.25) is 5.91 Å². The molecule has 8 nitrogen and oxygen atoms in total. The number of pyridine rings is 1. The van der Waals surface area contributed by atoms with Crippen LogP contribution in [0.4, 0.5) is 5.82 Å². The smallest absolute Gasteiger partial charge is 0.251 e. The number of thioether (sulfide) groups is 1. The maximum absolute atomic E-state index is 12.8. The molecule has 3 aromatic rings. The normalized spacial score (nSPS) is 11.9. The Kier molecular flexibility index (Phi) is 7.41. The van der Waals surface area contributed by atoms with Gasteiger partial charge >= 0.3 is 0 Å². The number of aryl methyl sites for hydroxylation is 1. The Morgan fingerprint density at radius 3 is 2.61 bits per heavy atom. The first-order chi connectivity index (χ1) is 14.8. The number of amides is 2. The van der Waals surface area contributed by atoms with Crippen LogP contribution in [0, 0.1) is 12.8 Å². The number of benzene rings is 1. The van der Waals surface area contributed by atoms with Gasteiger partial charge in [-0.15, -0.1) is 10.2 Å². The Morgan fingerprint density at radius 1 is 1.13 bits per heavy atom. The zero-order valence-electron chi connectivity index (χ0n) is 18.0. The van der Waals surface area contributed by atoms with Crippen LogP contribution < -0.4 is 10.6 Å². The van der Waals surface area contributed by atoms with E-state index in [-0.39, 0.29) is 29.5 Å². The standard InChI is InChI=1S/C22H26N6O2S/c1-14(2)19(25-21(30)16-9-7-8-15(3)12-16)20-26-27-22(28(20)4)31-13-18(29)24-17-10-5-6-11-23-17/h5-12,14,19H,13H2,1-4H3,(H,25,30)(H,23,24,29)/t19-/m0/s1. The fourth-order valence-corrected chi connectivity index (χ4v) is 3.73. The van der Waals surface area contributed by atoms with Gasteiger partial charge in [0.25, 0.3) is 5.91 Å². The number of rotatable bonds is 8. The van der Waals surface area contributed by atoms with Crippen LogP contribution in [0.3, 0.4) is 0 Å². The molecule has 0 unspecified atom stereocenters. The molecule has 3 rings (SSSR count). The highest BCUT2D eigenvalue weighted by atomic mass is 32.2. The molecular weight excluding hydrogens is 412 g/mol. The van der Waals surface area contributed by atoms with Gasteiger partial charge in [-0.3, -0.25) is 9.59 Å². The fourth-order valence-electron chi connectivity index (χ4n) is 3.01. The minimum Gasteiger partial charge on any atom is -0.342 e. The molecule has 0 aliphatic heterocycles. The molecule has 162 valence electrons. The number of aromatic nitrogens is 4. The summed E-state index contributed by atoms with van der Waals surface area (Å²) in [5, 5.41) is 14.9. The van der Waals surface area contributed by atoms with Crippen LogP contribution in [0.2, 0.25) is 0 Å². The minimum absolute atomic E-state index is 0.0990. The van der Waals surface area contributed by atoms with E-state index in [1.807, 2.05) is 56.7 Å². The topological polar surface area (TPSA) is 102 Å². The van der Waals surface area contributed by atoms with E-state index < -0.39 is 0 Å². The predicted octanol–water partition coefficient (Wildman–Crippen LogP) is 3.38. The molecule has 9 heteroatoms. The summed E-state index contributed by atoms with van der Waals surface area (Å²) in [7, 11) is 1.84. The maximum Gasteiger partial charge on any atom is 0.251 e. The molecule has 2 amide bonds. The summed E-state index contributed by atoms with van der Waals surface area (Å²) >= 11 is 1.28. The second-order valence-corrected chi connectivity index (χ2v) is 8.46. The van der Waals surface area contributed by atoms with Crippen molar-refractivity contribution in [1.82, 2.24) is 25.1 Å². The van der Waals surface area contributed by atoms with E-state index in [1.54, 1.807) is 24.4 Å². The third-order valence-electron chi connectivity index (χ3n) is 4.65. The van der Waals surface area contributed by atoms with Crippen LogP contribution in [-0.2, 0) is 11.8 Å². The summed E-state index contributed by atoms with van der Waals surface area (Å²) < 4.78 is 1.82. The maximum atomic E-state index is 12.8. The molecule has 2 N–H and O–H groups in total. The number of nitrogens with zero attached hydrogens (tertiary/aromatic N) is 4. The molecule has 0 saturated carbocycles. The van der Waals surface area contributed by atoms with Crippen LogP contribution in [0.25, 0.3) is 0 Å². The first kappa shape index (κ1) is 22.5. The summed E-state index contributed by atoms with van der Waals surface area (Å²) in [5.41, 5.74) is 1.63. The third kappa shape index (κ3) is 5.91. The average molecular weight is 439 g/mol. The zero-order chi connectivity index (χ0) is 22.4. The Bertz CT molecular complexity index is 1050. The van der Waals surface area contributed by atoms with Crippen molar-refractivity contribution in [2.75, 3.05) is 11.1 Å². The van der Waals surface area contributed by atoms with Crippen molar-refractivity contribution >= 4 is 29.4 Å². The van der Waals surface area contributed by atoms with Gasteiger partial charge < -0.3 is 15.2 Å². The monoisotopic (exact) mass is 438 g/mol. The summed E-state index contributed by atoms with van der Waals surface area (Å²) in [4.78, 5) is 29.0. The van der Waals surface area contributed by atoms with E-state index in [4.69, 9.17) is 0 Å². The van der Waals surface area contributed by atoms with Gasteiger partial charge in [0.15, 0.2) is 11.0 Å². The Labute approximate surface area is 185 Å². The molecule has 1 atom stereocenters. The van der Waals surface area contributed by atoms with Crippen molar-refractivity contribution in [1.29, 1.82) is 0 Å². The molecule has 2 heterocycles. The molecule has 0 fully saturated rings. The van der Waals surface area contributed by atoms with E-state index in [1.165, 1.54) is 11.8 Å². The highest BCUT2D eigenvalue weighted by Gasteiger charge is 2.25. The fraction of sp³-hybridized carbons (Fsp3) is 0.318. The first-order valence-corrected chi connectivity index (χ1v) is 10.9. The molecule has 0 saturated heterocycles. The van der Waals surface area contributed by atoms with Crippen LogP contribution in [0.5, 0.6) is 0 Å². The van der Waals surface area contributed by atoms with Crippen molar-refractivity contribution < 1.29 is 9.59 Å². The molecule has 1 aromatic carbocycles. The highest BCUT2D eigenvalue weighted by molar-refractivity contribution is 7.99. The zero-order valence-corrected chi connectivity index (χ0v) is 18.8. The van der Waals surface area contributed by atoms with Crippen LogP contribution in [0.15, 0.2) is 53.8 Å². The number of anilines is 1. The second kappa shape index (κ2) is 10.2. The quantitative estimate of drug-likeness (QED) is 0.523. The summed E-state index contributed by atoms with van der Waals surface area (Å²) in [6.07, 6.45) is 1.62. The largest absolute Gasteiger partial charge is 0.342 e. The lowest BCUT2D eigenvalue weighted by Gasteiger charge is -2.21. The molecule has 0 radical (unpaired) electrons. The molecular formula is C22H26N6O2S. The predicted molar refractivity (Wildman–Crippen MR) is 121 cm³/mol. The number of nitrogens with one attached hydrogen (secondary N) is 2. The lowest BCUT2D eigenvalue weighted by molar-refractivity contribution is -0.113. The van der Waals surface area contributed by atoms with Gasteiger partial charge in [0.05, 0.1) is 11.8 Å². The number of hydrogen-bond donors (Lipinski definition) is 2. The number of carbonyl (C=O) groups is 2. The van der Waals surface area contributed by atoms with E-state index in [0.29, 0.717) is 22.4 Å². The van der Waals surface area contributed by atoms with Gasteiger partial charge in [-0.25, -0.2) is 4.98 Å². The third-order valence-corrected chi connectivity index (χ3v) is 5.67. The lowest BCUT2D eigenvalue weighted by atomic mass is 10.0. The van der Waals surface area contributed by atoms with Crippen molar-refractivity contribution in [2.45, 2.75) is 32.0 Å². The number of carbonyl (C=O) groups excluding carboxylic acids is 2. The van der Waals surface area contributed by atoms with Crippen molar-refractivity contribution in [3.8, 4) is 0 Å². The van der Waals surface area contributed by atoms with E-state index in [2.05, 4.69) is 25.8 Å². The lowest BCUT2D eigenvalue weighted by Crippen LogP contribution is -2.33. The van der Waals surface area contributed by atoms with Gasteiger partial charge in [0, 0.05) is 18.8 Å². The van der Waals surface area contributed by atoms with Crippen LogP contribution in [0.1, 0.15) is 41.6 Å². The van der Waals surface area contributed by atoms with Gasteiger partial charge in [-0.2, -0.15) is 0 Å². The van der Waals surface area contributed by atoms with Crippen LogP contribution in [-0.4, -0.2) is 37.3 Å². The minimum atomic E-state index is -0.317. The number of hydrogen-bond acceptors (Lipinski definition) is 6. The van der Waals surface area contributed by atoms with E-state index >= 15 is 0 Å². The van der Waals surface area contributed by atoms with Crippen LogP contribution >= 0.6 is 11.8 Å². The Morgan fingerprint density at radius 2 is 1.94 bits per heavy atom. The molecule has 0 bridgehead atoms. The average Bonchev–Trinajstić information content (AvgIpc) is 3.11. The highest BCUT2D eigenvalue weighted by Crippen LogP contribution is 2.24. The van der Waals surface area contributed by atoms with Gasteiger partial charge in [-0.05, 0) is 37.1 Å². The summed E-state index contributed by atoms with van der Waals surface area (Å²) in [6.45, 7) is 5.98. The van der Waals surface area contributed by atoms with Crippen molar-refractivity contribution in [3.05, 3.63) is 65.6 Å². The Hall–Kier alpha value is -3.20.